The Bertz CT molecular complexity index is 877. The van der Waals surface area contributed by atoms with Crippen molar-refractivity contribution in [2.75, 3.05) is 18.5 Å². The predicted molar refractivity (Wildman–Crippen MR) is 92.5 cm³/mol. The average Bonchev–Trinajstić information content (AvgIpc) is 2.65. The molecular formula is C18H17F3N2O5. The van der Waals surface area contributed by atoms with E-state index in [1.54, 1.807) is 0 Å². The molecule has 150 valence electrons. The lowest BCUT2D eigenvalue weighted by atomic mass is 10.1. The lowest BCUT2D eigenvalue weighted by Crippen LogP contribution is -2.26. The van der Waals surface area contributed by atoms with E-state index in [1.807, 2.05) is 5.48 Å². The number of carbonyl (C=O) groups is 2. The number of aliphatic hydroxyl groups is 1. The van der Waals surface area contributed by atoms with Crippen molar-refractivity contribution in [1.82, 2.24) is 5.48 Å². The number of rotatable bonds is 9. The highest BCUT2D eigenvalue weighted by molar-refractivity contribution is 6.00. The van der Waals surface area contributed by atoms with Crippen LogP contribution in [0, 0.1) is 17.5 Å². The maximum atomic E-state index is 14.3. The highest BCUT2D eigenvalue weighted by atomic mass is 19.2. The Morgan fingerprint density at radius 1 is 1.07 bits per heavy atom. The number of carboxylic acids is 1. The molecule has 0 saturated carbocycles. The summed E-state index contributed by atoms with van der Waals surface area (Å²) in [5, 5.41) is 19.6. The smallest absolute Gasteiger partial charge is 0.303 e. The van der Waals surface area contributed by atoms with E-state index in [1.165, 1.54) is 12.1 Å². The number of hydrogen-bond acceptors (Lipinski definition) is 5. The molecule has 4 N–H and O–H groups in total. The zero-order valence-corrected chi connectivity index (χ0v) is 14.5. The Balaban J connectivity index is 2.28. The van der Waals surface area contributed by atoms with Crippen molar-refractivity contribution in [1.29, 1.82) is 0 Å². The van der Waals surface area contributed by atoms with Crippen LogP contribution >= 0.6 is 0 Å². The molecule has 2 aromatic carbocycles. The van der Waals surface area contributed by atoms with Crippen LogP contribution in [0.25, 0.3) is 0 Å². The van der Waals surface area contributed by atoms with Crippen LogP contribution in [0.3, 0.4) is 0 Å². The number of hydroxylamine groups is 1. The third-order valence-electron chi connectivity index (χ3n) is 3.62. The summed E-state index contributed by atoms with van der Waals surface area (Å²) in [6, 6.07) is 5.42. The molecule has 2 aromatic rings. The largest absolute Gasteiger partial charge is 0.481 e. The van der Waals surface area contributed by atoms with Crippen LogP contribution in [0.4, 0.5) is 24.5 Å². The van der Waals surface area contributed by atoms with Gasteiger partial charge in [0.25, 0.3) is 5.91 Å². The molecule has 0 radical (unpaired) electrons. The second-order valence-electron chi connectivity index (χ2n) is 5.62. The van der Waals surface area contributed by atoms with Gasteiger partial charge in [0.05, 0.1) is 30.2 Å². The second kappa shape index (κ2) is 9.72. The molecule has 0 fully saturated rings. The second-order valence-corrected chi connectivity index (χ2v) is 5.62. The monoisotopic (exact) mass is 398 g/mol. The molecule has 0 heterocycles. The van der Waals surface area contributed by atoms with E-state index >= 15 is 0 Å². The van der Waals surface area contributed by atoms with E-state index in [0.717, 1.165) is 18.2 Å². The fourth-order valence-electron chi connectivity index (χ4n) is 2.28. The van der Waals surface area contributed by atoms with Gasteiger partial charge < -0.3 is 15.5 Å². The highest BCUT2D eigenvalue weighted by Gasteiger charge is 2.20. The van der Waals surface area contributed by atoms with Crippen LogP contribution in [0.1, 0.15) is 22.3 Å². The first kappa shape index (κ1) is 21.2. The van der Waals surface area contributed by atoms with Crippen LogP contribution in [0.5, 0.6) is 0 Å². The molecule has 0 bridgehead atoms. The summed E-state index contributed by atoms with van der Waals surface area (Å²) in [6.45, 7) is -0.590. The Morgan fingerprint density at radius 3 is 2.46 bits per heavy atom. The molecule has 1 amide bonds. The van der Waals surface area contributed by atoms with Gasteiger partial charge in [-0.3, -0.25) is 14.4 Å². The number of carboxylic acid groups (broad SMARTS) is 1. The van der Waals surface area contributed by atoms with Gasteiger partial charge in [-0.15, -0.1) is 0 Å². The predicted octanol–water partition coefficient (Wildman–Crippen LogP) is 2.52. The number of anilines is 2. The standard InChI is InChI=1S/C18H17F3N2O5/c19-12-4-3-11(18(27)23-28-8-7-24)17(16(12)21)22-14-5-1-10(9-13(14)20)2-6-15(25)26/h1,3-5,9,22,24H,2,6-8H2,(H,23,27)(H,25,26). The summed E-state index contributed by atoms with van der Waals surface area (Å²) in [4.78, 5) is 27.3. The van der Waals surface area contributed by atoms with Crippen molar-refractivity contribution >= 4 is 23.3 Å². The van der Waals surface area contributed by atoms with Gasteiger partial charge in [0, 0.05) is 6.42 Å². The quantitative estimate of drug-likeness (QED) is 0.382. The maximum absolute atomic E-state index is 14.3. The van der Waals surface area contributed by atoms with Gasteiger partial charge in [-0.2, -0.15) is 0 Å². The van der Waals surface area contributed by atoms with Gasteiger partial charge in [-0.25, -0.2) is 18.7 Å². The van der Waals surface area contributed by atoms with Crippen molar-refractivity contribution in [3.8, 4) is 0 Å². The molecule has 0 saturated heterocycles. The Labute approximate surface area is 157 Å². The zero-order valence-electron chi connectivity index (χ0n) is 14.5. The van der Waals surface area contributed by atoms with Crippen LogP contribution in [0.15, 0.2) is 30.3 Å². The Hall–Kier alpha value is -3.11. The normalized spacial score (nSPS) is 10.6. The lowest BCUT2D eigenvalue weighted by molar-refractivity contribution is -0.136. The third kappa shape index (κ3) is 5.44. The van der Waals surface area contributed by atoms with Crippen LogP contribution in [-0.4, -0.2) is 35.3 Å². The molecule has 0 atom stereocenters. The minimum atomic E-state index is -1.40. The molecule has 28 heavy (non-hydrogen) atoms. The molecule has 2 rings (SSSR count). The number of nitrogens with one attached hydrogen (secondary N) is 2. The van der Waals surface area contributed by atoms with E-state index in [-0.39, 0.29) is 37.3 Å². The van der Waals surface area contributed by atoms with Gasteiger partial charge >= 0.3 is 5.97 Å². The van der Waals surface area contributed by atoms with Crippen LogP contribution in [0.2, 0.25) is 0 Å². The van der Waals surface area contributed by atoms with Crippen molar-refractivity contribution in [2.45, 2.75) is 12.8 Å². The summed E-state index contributed by atoms with van der Waals surface area (Å²) in [5.41, 5.74) is 1.14. The van der Waals surface area contributed by atoms with E-state index in [4.69, 9.17) is 10.2 Å². The summed E-state index contributed by atoms with van der Waals surface area (Å²) in [5.74, 6) is -5.47. The summed E-state index contributed by atoms with van der Waals surface area (Å²) >= 11 is 0. The number of amides is 1. The summed E-state index contributed by atoms with van der Waals surface area (Å²) < 4.78 is 42.1. The number of benzene rings is 2. The molecule has 10 heteroatoms. The summed E-state index contributed by atoms with van der Waals surface area (Å²) in [6.07, 6.45) is -0.0976. The van der Waals surface area contributed by atoms with Crippen molar-refractivity contribution in [3.05, 3.63) is 58.9 Å². The first-order valence-electron chi connectivity index (χ1n) is 8.11. The molecule has 0 aliphatic heterocycles. The van der Waals surface area contributed by atoms with E-state index in [9.17, 15) is 22.8 Å². The zero-order chi connectivity index (χ0) is 20.7. The molecule has 0 unspecified atom stereocenters. The molecule has 7 nitrogen and oxygen atoms in total. The van der Waals surface area contributed by atoms with E-state index in [0.29, 0.717) is 5.56 Å². The van der Waals surface area contributed by atoms with Crippen molar-refractivity contribution in [2.24, 2.45) is 0 Å². The van der Waals surface area contributed by atoms with Crippen molar-refractivity contribution in [3.63, 3.8) is 0 Å². The number of aliphatic carboxylic acids is 1. The molecule has 0 aliphatic rings. The van der Waals surface area contributed by atoms with E-state index in [2.05, 4.69) is 10.2 Å². The summed E-state index contributed by atoms with van der Waals surface area (Å²) in [7, 11) is 0. The van der Waals surface area contributed by atoms with Crippen LogP contribution in [-0.2, 0) is 16.1 Å². The Morgan fingerprint density at radius 2 is 1.82 bits per heavy atom. The lowest BCUT2D eigenvalue weighted by Gasteiger charge is -2.14. The fraction of sp³-hybridized carbons (Fsp3) is 0.222. The molecule has 0 aliphatic carbocycles. The minimum Gasteiger partial charge on any atom is -0.481 e. The first-order chi connectivity index (χ1) is 13.3. The topological polar surface area (TPSA) is 108 Å². The minimum absolute atomic E-state index is 0.0940. The molecular weight excluding hydrogens is 381 g/mol. The highest BCUT2D eigenvalue weighted by Crippen LogP contribution is 2.28. The van der Waals surface area contributed by atoms with Gasteiger partial charge in [0.1, 0.15) is 5.82 Å². The Kier molecular flexibility index (Phi) is 7.36. The molecule has 0 aromatic heterocycles. The number of aliphatic hydroxyl groups excluding tert-OH is 1. The number of aryl methyl sites for hydroxylation is 1. The third-order valence-corrected chi connectivity index (χ3v) is 3.62. The van der Waals surface area contributed by atoms with Crippen LogP contribution < -0.4 is 10.8 Å². The van der Waals surface area contributed by atoms with Gasteiger partial charge in [0.15, 0.2) is 11.6 Å². The number of halogens is 3. The van der Waals surface area contributed by atoms with Gasteiger partial charge in [-0.05, 0) is 36.2 Å². The SMILES string of the molecule is O=C(O)CCc1ccc(Nc2c(C(=O)NOCCO)ccc(F)c2F)c(F)c1. The average molecular weight is 398 g/mol. The number of carbonyl (C=O) groups excluding carboxylic acids is 1. The molecule has 0 spiro atoms. The van der Waals surface area contributed by atoms with Crippen molar-refractivity contribution < 1.29 is 37.8 Å². The number of hydrogen-bond donors (Lipinski definition) is 4. The first-order valence-corrected chi connectivity index (χ1v) is 8.11. The van der Waals surface area contributed by atoms with E-state index < -0.39 is 35.0 Å². The van der Waals surface area contributed by atoms with Gasteiger partial charge in [-0.1, -0.05) is 6.07 Å². The maximum Gasteiger partial charge on any atom is 0.303 e. The fourth-order valence-corrected chi connectivity index (χ4v) is 2.28. The van der Waals surface area contributed by atoms with Gasteiger partial charge in [0.2, 0.25) is 0 Å².